The summed E-state index contributed by atoms with van der Waals surface area (Å²) < 4.78 is 5.52. The lowest BCUT2D eigenvalue weighted by Gasteiger charge is -2.21. The van der Waals surface area contributed by atoms with Gasteiger partial charge in [-0.15, -0.1) is 0 Å². The number of carboxylic acids is 1. The molecular formula is C13H19NO3. The molecule has 0 fully saturated rings. The molecular weight excluding hydrogens is 218 g/mol. The summed E-state index contributed by atoms with van der Waals surface area (Å²) in [6.07, 6.45) is 0. The molecule has 4 heteroatoms. The molecule has 0 bridgehead atoms. The number of hydrogen-bond acceptors (Lipinski definition) is 3. The van der Waals surface area contributed by atoms with E-state index in [9.17, 15) is 4.79 Å². The highest BCUT2D eigenvalue weighted by atomic mass is 16.5. The lowest BCUT2D eigenvalue weighted by molar-refractivity contribution is -0.143. The molecule has 1 unspecified atom stereocenters. The average molecular weight is 237 g/mol. The highest BCUT2D eigenvalue weighted by Gasteiger charge is 2.29. The van der Waals surface area contributed by atoms with E-state index in [2.05, 4.69) is 6.07 Å². The van der Waals surface area contributed by atoms with Gasteiger partial charge in [0.15, 0.2) is 0 Å². The van der Waals surface area contributed by atoms with Gasteiger partial charge in [-0.2, -0.15) is 0 Å². The molecule has 4 nitrogen and oxygen atoms in total. The van der Waals surface area contributed by atoms with Gasteiger partial charge < -0.3 is 15.6 Å². The van der Waals surface area contributed by atoms with E-state index in [-0.39, 0.29) is 6.61 Å². The maximum Gasteiger partial charge on any atom is 0.326 e. The summed E-state index contributed by atoms with van der Waals surface area (Å²) in [5, 5.41) is 8.89. The molecule has 0 saturated carbocycles. The quantitative estimate of drug-likeness (QED) is 0.837. The molecule has 0 amide bonds. The average Bonchev–Trinajstić information content (AvgIpc) is 2.21. The summed E-state index contributed by atoms with van der Waals surface area (Å²) in [7, 11) is 0. The monoisotopic (exact) mass is 237 g/mol. The largest absolute Gasteiger partial charge is 0.491 e. The van der Waals surface area contributed by atoms with Crippen LogP contribution in [0.5, 0.6) is 5.75 Å². The van der Waals surface area contributed by atoms with Crippen LogP contribution in [0.2, 0.25) is 0 Å². The molecule has 0 aliphatic carbocycles. The Balaban J connectivity index is 2.87. The van der Waals surface area contributed by atoms with Crippen LogP contribution < -0.4 is 10.5 Å². The van der Waals surface area contributed by atoms with E-state index in [4.69, 9.17) is 15.6 Å². The number of rotatable bonds is 4. The second-order valence-corrected chi connectivity index (χ2v) is 4.72. The first kappa shape index (κ1) is 13.5. The third-order valence-corrected chi connectivity index (χ3v) is 2.78. The van der Waals surface area contributed by atoms with Gasteiger partial charge in [0.05, 0.1) is 0 Å². The lowest BCUT2D eigenvalue weighted by atomic mass is 10.0. The van der Waals surface area contributed by atoms with Crippen molar-refractivity contribution in [2.45, 2.75) is 33.2 Å². The van der Waals surface area contributed by atoms with Gasteiger partial charge in [-0.1, -0.05) is 6.07 Å². The summed E-state index contributed by atoms with van der Waals surface area (Å²) in [6.45, 7) is 7.30. The van der Waals surface area contributed by atoms with E-state index in [0.29, 0.717) is 5.75 Å². The predicted molar refractivity (Wildman–Crippen MR) is 66.4 cm³/mol. The summed E-state index contributed by atoms with van der Waals surface area (Å²) >= 11 is 0. The Morgan fingerprint density at radius 1 is 1.41 bits per heavy atom. The number of aryl methyl sites for hydroxylation is 2. The summed E-state index contributed by atoms with van der Waals surface area (Å²) in [5.41, 5.74) is 7.45. The van der Waals surface area contributed by atoms with Crippen molar-refractivity contribution in [3.63, 3.8) is 0 Å². The Hall–Kier alpha value is -1.55. The number of carbonyl (C=O) groups is 1. The smallest absolute Gasteiger partial charge is 0.326 e. The minimum absolute atomic E-state index is 0.0495. The summed E-state index contributed by atoms with van der Waals surface area (Å²) in [5.74, 6) is -0.375. The van der Waals surface area contributed by atoms with Crippen LogP contribution in [0.1, 0.15) is 23.6 Å². The number of benzene rings is 1. The normalized spacial score (nSPS) is 14.2. The SMILES string of the molecule is Cc1cc(C)c(C)c(OCC(C)(N)C(=O)O)c1. The Morgan fingerprint density at radius 3 is 2.53 bits per heavy atom. The van der Waals surface area contributed by atoms with Gasteiger partial charge in [0, 0.05) is 0 Å². The minimum atomic E-state index is -1.37. The highest BCUT2D eigenvalue weighted by molar-refractivity contribution is 5.78. The van der Waals surface area contributed by atoms with Gasteiger partial charge in [0.25, 0.3) is 0 Å². The van der Waals surface area contributed by atoms with Gasteiger partial charge in [0.1, 0.15) is 17.9 Å². The van der Waals surface area contributed by atoms with Crippen LogP contribution >= 0.6 is 0 Å². The highest BCUT2D eigenvalue weighted by Crippen LogP contribution is 2.23. The van der Waals surface area contributed by atoms with Gasteiger partial charge in [-0.3, -0.25) is 4.79 Å². The fraction of sp³-hybridized carbons (Fsp3) is 0.462. The standard InChI is InChI=1S/C13H19NO3/c1-8-5-9(2)10(3)11(6-8)17-7-13(4,14)12(15)16/h5-6H,7,14H2,1-4H3,(H,15,16). The molecule has 0 spiro atoms. The number of hydrogen-bond donors (Lipinski definition) is 2. The van der Waals surface area contributed by atoms with Crippen LogP contribution in [0, 0.1) is 20.8 Å². The first-order valence-electron chi connectivity index (χ1n) is 5.47. The molecule has 17 heavy (non-hydrogen) atoms. The molecule has 0 radical (unpaired) electrons. The second-order valence-electron chi connectivity index (χ2n) is 4.72. The Kier molecular flexibility index (Phi) is 3.78. The Labute approximate surface area is 101 Å². The van der Waals surface area contributed by atoms with E-state index in [1.807, 2.05) is 26.8 Å². The van der Waals surface area contributed by atoms with Crippen LogP contribution in [0.4, 0.5) is 0 Å². The topological polar surface area (TPSA) is 72.5 Å². The molecule has 1 aromatic carbocycles. The predicted octanol–water partition coefficient (Wildman–Crippen LogP) is 1.79. The van der Waals surface area contributed by atoms with Crippen LogP contribution in [0.15, 0.2) is 12.1 Å². The number of ether oxygens (including phenoxy) is 1. The number of nitrogens with two attached hydrogens (primary N) is 1. The van der Waals surface area contributed by atoms with Crippen molar-refractivity contribution < 1.29 is 14.6 Å². The molecule has 0 aliphatic heterocycles. The Morgan fingerprint density at radius 2 is 2.00 bits per heavy atom. The van der Waals surface area contributed by atoms with Crippen molar-refractivity contribution in [3.05, 3.63) is 28.8 Å². The first-order chi connectivity index (χ1) is 7.74. The van der Waals surface area contributed by atoms with E-state index in [1.54, 1.807) is 0 Å². The first-order valence-corrected chi connectivity index (χ1v) is 5.47. The van der Waals surface area contributed by atoms with Gasteiger partial charge in [0.2, 0.25) is 0 Å². The van der Waals surface area contributed by atoms with Gasteiger partial charge in [-0.25, -0.2) is 0 Å². The van der Waals surface area contributed by atoms with E-state index < -0.39 is 11.5 Å². The van der Waals surface area contributed by atoms with Crippen molar-refractivity contribution in [1.29, 1.82) is 0 Å². The van der Waals surface area contributed by atoms with Crippen LogP contribution in [-0.2, 0) is 4.79 Å². The molecule has 0 aromatic heterocycles. The van der Waals surface area contributed by atoms with E-state index in [0.717, 1.165) is 16.7 Å². The molecule has 3 N–H and O–H groups in total. The lowest BCUT2D eigenvalue weighted by Crippen LogP contribution is -2.50. The third kappa shape index (κ3) is 3.20. The van der Waals surface area contributed by atoms with Crippen molar-refractivity contribution in [1.82, 2.24) is 0 Å². The minimum Gasteiger partial charge on any atom is -0.491 e. The molecule has 1 atom stereocenters. The van der Waals surface area contributed by atoms with Crippen LogP contribution in [-0.4, -0.2) is 23.2 Å². The van der Waals surface area contributed by atoms with E-state index in [1.165, 1.54) is 6.92 Å². The van der Waals surface area contributed by atoms with Crippen molar-refractivity contribution in [2.24, 2.45) is 5.73 Å². The molecule has 0 aliphatic rings. The second kappa shape index (κ2) is 4.75. The van der Waals surface area contributed by atoms with Crippen LogP contribution in [0.3, 0.4) is 0 Å². The third-order valence-electron chi connectivity index (χ3n) is 2.78. The van der Waals surface area contributed by atoms with Crippen molar-refractivity contribution in [3.8, 4) is 5.75 Å². The number of aliphatic carboxylic acids is 1. The summed E-state index contributed by atoms with van der Waals surface area (Å²) in [6, 6.07) is 3.95. The fourth-order valence-corrected chi connectivity index (χ4v) is 1.44. The molecule has 0 saturated heterocycles. The maximum absolute atomic E-state index is 10.9. The zero-order valence-corrected chi connectivity index (χ0v) is 10.7. The van der Waals surface area contributed by atoms with Gasteiger partial charge in [-0.05, 0) is 50.5 Å². The molecule has 94 valence electrons. The zero-order valence-electron chi connectivity index (χ0n) is 10.7. The maximum atomic E-state index is 10.9. The fourth-order valence-electron chi connectivity index (χ4n) is 1.44. The van der Waals surface area contributed by atoms with E-state index >= 15 is 0 Å². The Bertz CT molecular complexity index is 439. The van der Waals surface area contributed by atoms with Crippen LogP contribution in [0.25, 0.3) is 0 Å². The zero-order chi connectivity index (χ0) is 13.2. The molecule has 1 aromatic rings. The van der Waals surface area contributed by atoms with Crippen molar-refractivity contribution >= 4 is 5.97 Å². The van der Waals surface area contributed by atoms with Gasteiger partial charge >= 0.3 is 5.97 Å². The van der Waals surface area contributed by atoms with Crippen molar-refractivity contribution in [2.75, 3.05) is 6.61 Å². The molecule has 1 rings (SSSR count). The molecule has 0 heterocycles. The summed E-state index contributed by atoms with van der Waals surface area (Å²) in [4.78, 5) is 10.9. The number of carboxylic acid groups (broad SMARTS) is 1.